The lowest BCUT2D eigenvalue weighted by molar-refractivity contribution is 0.104. The molecule has 0 unspecified atom stereocenters. The van der Waals surface area contributed by atoms with Crippen LogP contribution in [0.15, 0.2) is 36.4 Å². The van der Waals surface area contributed by atoms with E-state index >= 15 is 0 Å². The Hall–Kier alpha value is -2.95. The van der Waals surface area contributed by atoms with Gasteiger partial charge in [-0.05, 0) is 48.9 Å². The summed E-state index contributed by atoms with van der Waals surface area (Å²) in [6, 6.07) is 8.86. The Balaban J connectivity index is 2.31. The third kappa shape index (κ3) is 4.12. The Bertz CT molecular complexity index is 793. The molecular formula is C20H22O5. The fourth-order valence-corrected chi connectivity index (χ4v) is 2.51. The maximum absolute atomic E-state index is 12.5. The highest BCUT2D eigenvalue weighted by Gasteiger charge is 2.12. The maximum Gasteiger partial charge on any atom is 0.186 e. The van der Waals surface area contributed by atoms with E-state index in [1.807, 2.05) is 19.1 Å². The lowest BCUT2D eigenvalue weighted by Crippen LogP contribution is -2.00. The number of aryl methyl sites for hydroxylation is 1. The summed E-state index contributed by atoms with van der Waals surface area (Å²) in [5, 5.41) is 0. The molecule has 0 saturated carbocycles. The summed E-state index contributed by atoms with van der Waals surface area (Å²) < 4.78 is 21.1. The molecule has 5 nitrogen and oxygen atoms in total. The summed E-state index contributed by atoms with van der Waals surface area (Å²) in [7, 11) is 6.28. The molecule has 5 heteroatoms. The van der Waals surface area contributed by atoms with E-state index in [9.17, 15) is 4.79 Å². The zero-order valence-corrected chi connectivity index (χ0v) is 15.1. The van der Waals surface area contributed by atoms with Crippen LogP contribution in [-0.2, 0) is 0 Å². The summed E-state index contributed by atoms with van der Waals surface area (Å²) in [6.07, 6.45) is 3.22. The standard InChI is InChI=1S/C20H22O5/c1-13-10-15(11-19(24-4)20(13)25-5)17(21)9-7-14-6-8-16(22-2)12-18(14)23-3/h6-12H,1-5H3. The normalized spacial score (nSPS) is 10.6. The predicted octanol–water partition coefficient (Wildman–Crippen LogP) is 3.93. The van der Waals surface area contributed by atoms with Crippen LogP contribution in [0.4, 0.5) is 0 Å². The van der Waals surface area contributed by atoms with E-state index in [1.54, 1.807) is 52.7 Å². The number of ketones is 1. The van der Waals surface area contributed by atoms with Crippen LogP contribution in [0.3, 0.4) is 0 Å². The van der Waals surface area contributed by atoms with Gasteiger partial charge in [0, 0.05) is 17.2 Å². The Kier molecular flexibility index (Phi) is 6.06. The molecular weight excluding hydrogens is 320 g/mol. The van der Waals surface area contributed by atoms with Crippen molar-refractivity contribution in [3.8, 4) is 23.0 Å². The van der Waals surface area contributed by atoms with Gasteiger partial charge in [-0.1, -0.05) is 0 Å². The topological polar surface area (TPSA) is 54.0 Å². The van der Waals surface area contributed by atoms with Crippen molar-refractivity contribution in [3.05, 3.63) is 53.1 Å². The smallest absolute Gasteiger partial charge is 0.186 e. The van der Waals surface area contributed by atoms with E-state index < -0.39 is 0 Å². The lowest BCUT2D eigenvalue weighted by Gasteiger charge is -2.11. The van der Waals surface area contributed by atoms with Crippen LogP contribution in [0.5, 0.6) is 23.0 Å². The van der Waals surface area contributed by atoms with Gasteiger partial charge in [0.1, 0.15) is 11.5 Å². The molecule has 0 aliphatic rings. The van der Waals surface area contributed by atoms with Gasteiger partial charge in [-0.25, -0.2) is 0 Å². The van der Waals surface area contributed by atoms with Crippen molar-refractivity contribution in [2.45, 2.75) is 6.92 Å². The largest absolute Gasteiger partial charge is 0.497 e. The zero-order chi connectivity index (χ0) is 18.4. The van der Waals surface area contributed by atoms with Crippen molar-refractivity contribution in [1.29, 1.82) is 0 Å². The van der Waals surface area contributed by atoms with Gasteiger partial charge in [0.2, 0.25) is 0 Å². The molecule has 0 aromatic heterocycles. The molecule has 2 aromatic carbocycles. The van der Waals surface area contributed by atoms with Crippen LogP contribution in [0.2, 0.25) is 0 Å². The molecule has 2 aromatic rings. The highest BCUT2D eigenvalue weighted by molar-refractivity contribution is 6.07. The van der Waals surface area contributed by atoms with Crippen LogP contribution in [0.1, 0.15) is 21.5 Å². The molecule has 0 amide bonds. The van der Waals surface area contributed by atoms with E-state index in [1.165, 1.54) is 6.08 Å². The monoisotopic (exact) mass is 342 g/mol. The summed E-state index contributed by atoms with van der Waals surface area (Å²) >= 11 is 0. The SMILES string of the molecule is COc1ccc(C=CC(=O)c2cc(C)c(OC)c(OC)c2)c(OC)c1. The van der Waals surface area contributed by atoms with Crippen molar-refractivity contribution < 1.29 is 23.7 Å². The number of hydrogen-bond donors (Lipinski definition) is 0. The van der Waals surface area contributed by atoms with Crippen molar-refractivity contribution in [1.82, 2.24) is 0 Å². The number of allylic oxidation sites excluding steroid dienone is 1. The number of ether oxygens (including phenoxy) is 4. The van der Waals surface area contributed by atoms with Gasteiger partial charge in [0.15, 0.2) is 17.3 Å². The summed E-state index contributed by atoms with van der Waals surface area (Å²) in [6.45, 7) is 1.87. The molecule has 0 saturated heterocycles. The molecule has 0 aliphatic heterocycles. The molecule has 132 valence electrons. The van der Waals surface area contributed by atoms with Crippen LogP contribution < -0.4 is 18.9 Å². The molecule has 0 spiro atoms. The first-order chi connectivity index (χ1) is 12.0. The van der Waals surface area contributed by atoms with Gasteiger partial charge < -0.3 is 18.9 Å². The fourth-order valence-electron chi connectivity index (χ4n) is 2.51. The second kappa shape index (κ2) is 8.24. The maximum atomic E-state index is 12.5. The Morgan fingerprint density at radius 1 is 0.880 bits per heavy atom. The van der Waals surface area contributed by atoms with E-state index in [0.717, 1.165) is 11.1 Å². The molecule has 0 atom stereocenters. The van der Waals surface area contributed by atoms with E-state index in [2.05, 4.69) is 0 Å². The Labute approximate surface area is 147 Å². The lowest BCUT2D eigenvalue weighted by atomic mass is 10.0. The molecule has 0 heterocycles. The number of carbonyl (C=O) groups is 1. The number of benzene rings is 2. The number of methoxy groups -OCH3 is 4. The minimum atomic E-state index is -0.137. The van der Waals surface area contributed by atoms with E-state index in [-0.39, 0.29) is 5.78 Å². The second-order valence-corrected chi connectivity index (χ2v) is 5.33. The van der Waals surface area contributed by atoms with Crippen LogP contribution in [0.25, 0.3) is 6.08 Å². The van der Waals surface area contributed by atoms with Crippen molar-refractivity contribution in [3.63, 3.8) is 0 Å². The average Bonchev–Trinajstić information content (AvgIpc) is 2.64. The average molecular weight is 342 g/mol. The number of carbonyl (C=O) groups excluding carboxylic acids is 1. The molecule has 0 fully saturated rings. The van der Waals surface area contributed by atoms with E-state index in [4.69, 9.17) is 18.9 Å². The van der Waals surface area contributed by atoms with E-state index in [0.29, 0.717) is 28.6 Å². The third-order valence-electron chi connectivity index (χ3n) is 3.80. The summed E-state index contributed by atoms with van der Waals surface area (Å²) in [4.78, 5) is 12.5. The van der Waals surface area contributed by atoms with Gasteiger partial charge in [-0.3, -0.25) is 4.79 Å². The predicted molar refractivity (Wildman–Crippen MR) is 97.2 cm³/mol. The Morgan fingerprint density at radius 2 is 1.60 bits per heavy atom. The van der Waals surface area contributed by atoms with Crippen LogP contribution in [-0.4, -0.2) is 34.2 Å². The minimum absolute atomic E-state index is 0.137. The molecule has 25 heavy (non-hydrogen) atoms. The third-order valence-corrected chi connectivity index (χ3v) is 3.80. The van der Waals surface area contributed by atoms with Crippen molar-refractivity contribution in [2.24, 2.45) is 0 Å². The van der Waals surface area contributed by atoms with Crippen LogP contribution in [0, 0.1) is 6.92 Å². The number of rotatable bonds is 7. The molecule has 0 N–H and O–H groups in total. The van der Waals surface area contributed by atoms with Gasteiger partial charge in [-0.15, -0.1) is 0 Å². The summed E-state index contributed by atoms with van der Waals surface area (Å²) in [5.41, 5.74) is 2.15. The quantitative estimate of drug-likeness (QED) is 0.564. The number of hydrogen-bond acceptors (Lipinski definition) is 5. The fraction of sp³-hybridized carbons (Fsp3) is 0.250. The van der Waals surface area contributed by atoms with Gasteiger partial charge >= 0.3 is 0 Å². The highest BCUT2D eigenvalue weighted by Crippen LogP contribution is 2.32. The van der Waals surface area contributed by atoms with Gasteiger partial charge in [0.05, 0.1) is 28.4 Å². The van der Waals surface area contributed by atoms with Crippen molar-refractivity contribution in [2.75, 3.05) is 28.4 Å². The molecule has 2 rings (SSSR count). The van der Waals surface area contributed by atoms with Crippen LogP contribution >= 0.6 is 0 Å². The first kappa shape index (κ1) is 18.4. The first-order valence-electron chi connectivity index (χ1n) is 7.71. The molecule has 0 aliphatic carbocycles. The van der Waals surface area contributed by atoms with Gasteiger partial charge in [0.25, 0.3) is 0 Å². The van der Waals surface area contributed by atoms with Gasteiger partial charge in [-0.2, -0.15) is 0 Å². The molecule has 0 radical (unpaired) electrons. The Morgan fingerprint density at radius 3 is 2.20 bits per heavy atom. The highest BCUT2D eigenvalue weighted by atomic mass is 16.5. The van der Waals surface area contributed by atoms with Crippen molar-refractivity contribution >= 4 is 11.9 Å². The minimum Gasteiger partial charge on any atom is -0.497 e. The first-order valence-corrected chi connectivity index (χ1v) is 7.71. The second-order valence-electron chi connectivity index (χ2n) is 5.33. The zero-order valence-electron chi connectivity index (χ0n) is 15.1. The molecule has 0 bridgehead atoms. The summed E-state index contributed by atoms with van der Waals surface area (Å²) in [5.74, 6) is 2.34.